The highest BCUT2D eigenvalue weighted by molar-refractivity contribution is 5.89. The van der Waals surface area contributed by atoms with E-state index in [0.717, 1.165) is 6.42 Å². The number of ether oxygens (including phenoxy) is 1. The van der Waals surface area contributed by atoms with Gasteiger partial charge in [0.15, 0.2) is 0 Å². The number of rotatable bonds is 2. The van der Waals surface area contributed by atoms with Gasteiger partial charge >= 0.3 is 6.03 Å². The van der Waals surface area contributed by atoms with E-state index in [1.165, 1.54) is 4.57 Å². The molecule has 6 heteroatoms. The zero-order chi connectivity index (χ0) is 14.7. The Morgan fingerprint density at radius 3 is 2.95 bits per heavy atom. The van der Waals surface area contributed by atoms with Gasteiger partial charge in [0.2, 0.25) is 0 Å². The number of aryl methyl sites for hydroxylation is 1. The Morgan fingerprint density at radius 2 is 2.25 bits per heavy atom. The van der Waals surface area contributed by atoms with Crippen molar-refractivity contribution in [1.29, 1.82) is 0 Å². The van der Waals surface area contributed by atoms with Crippen LogP contribution in [0.15, 0.2) is 23.1 Å². The van der Waals surface area contributed by atoms with Crippen LogP contribution in [0.25, 0.3) is 0 Å². The molecule has 1 saturated heterocycles. The highest BCUT2D eigenvalue weighted by Gasteiger charge is 2.27. The first-order chi connectivity index (χ1) is 9.51. The van der Waals surface area contributed by atoms with Crippen molar-refractivity contribution in [3.05, 3.63) is 28.7 Å². The zero-order valence-electron chi connectivity index (χ0n) is 12.1. The second-order valence-electron chi connectivity index (χ2n) is 5.15. The van der Waals surface area contributed by atoms with E-state index in [0.29, 0.717) is 18.8 Å². The van der Waals surface area contributed by atoms with Crippen LogP contribution in [0.3, 0.4) is 0 Å². The Balaban J connectivity index is 2.08. The van der Waals surface area contributed by atoms with E-state index in [2.05, 4.69) is 5.32 Å². The lowest BCUT2D eigenvalue weighted by atomic mass is 10.2. The number of carbonyl (C=O) groups excluding carboxylic acids is 1. The number of nitrogens with one attached hydrogen (secondary N) is 1. The van der Waals surface area contributed by atoms with Crippen LogP contribution in [0.1, 0.15) is 20.3 Å². The number of hydrogen-bond donors (Lipinski definition) is 1. The van der Waals surface area contributed by atoms with Crippen LogP contribution in [0.5, 0.6) is 0 Å². The number of morpholine rings is 1. The molecule has 20 heavy (non-hydrogen) atoms. The molecule has 1 aliphatic heterocycles. The van der Waals surface area contributed by atoms with E-state index >= 15 is 0 Å². The number of nitrogens with zero attached hydrogens (tertiary/aromatic N) is 2. The molecular weight excluding hydrogens is 258 g/mol. The molecule has 1 fully saturated rings. The highest BCUT2D eigenvalue weighted by atomic mass is 16.5. The molecule has 0 aliphatic carbocycles. The third-order valence-electron chi connectivity index (χ3n) is 3.43. The van der Waals surface area contributed by atoms with E-state index < -0.39 is 0 Å². The summed E-state index contributed by atoms with van der Waals surface area (Å²) in [4.78, 5) is 25.8. The predicted octanol–water partition coefficient (Wildman–Crippen LogP) is 1.42. The van der Waals surface area contributed by atoms with Gasteiger partial charge in [-0.3, -0.25) is 4.79 Å². The van der Waals surface area contributed by atoms with Crippen molar-refractivity contribution in [3.8, 4) is 0 Å². The second-order valence-corrected chi connectivity index (χ2v) is 5.15. The summed E-state index contributed by atoms with van der Waals surface area (Å²) in [5.74, 6) is 0. The Kier molecular flexibility index (Phi) is 4.44. The number of aromatic nitrogens is 1. The van der Waals surface area contributed by atoms with Crippen LogP contribution in [0.4, 0.5) is 10.5 Å². The molecule has 1 aromatic rings. The standard InChI is InChI=1S/C14H21N3O3/c1-4-11-9-17(8-10(2)20-11)14(19)15-12-6-5-7-16(3)13(12)18/h5-7,10-11H,4,8-9H2,1-3H3,(H,15,19)/t10-,11-/m1/s1. The molecule has 0 bridgehead atoms. The van der Waals surface area contributed by atoms with E-state index in [1.807, 2.05) is 13.8 Å². The SMILES string of the molecule is CC[C@@H]1CN(C(=O)Nc2cccn(C)c2=O)C[C@@H](C)O1. The maximum Gasteiger partial charge on any atom is 0.322 e. The average molecular weight is 279 g/mol. The lowest BCUT2D eigenvalue weighted by Gasteiger charge is -2.36. The van der Waals surface area contributed by atoms with Gasteiger partial charge in [-0.2, -0.15) is 0 Å². The van der Waals surface area contributed by atoms with Gasteiger partial charge in [-0.05, 0) is 25.5 Å². The van der Waals surface area contributed by atoms with Crippen LogP contribution in [0, 0.1) is 0 Å². The maximum absolute atomic E-state index is 12.2. The summed E-state index contributed by atoms with van der Waals surface area (Å²) in [6.07, 6.45) is 2.59. The molecule has 2 atom stereocenters. The normalized spacial score (nSPS) is 22.6. The fourth-order valence-electron chi connectivity index (χ4n) is 2.32. The average Bonchev–Trinajstić information content (AvgIpc) is 2.43. The van der Waals surface area contributed by atoms with Crippen LogP contribution >= 0.6 is 0 Å². The van der Waals surface area contributed by atoms with Gasteiger partial charge in [-0.15, -0.1) is 0 Å². The summed E-state index contributed by atoms with van der Waals surface area (Å²) in [5, 5.41) is 2.68. The summed E-state index contributed by atoms with van der Waals surface area (Å²) in [5.41, 5.74) is 0.0846. The minimum atomic E-state index is -0.248. The third-order valence-corrected chi connectivity index (χ3v) is 3.43. The Morgan fingerprint density at radius 1 is 1.50 bits per heavy atom. The second kappa shape index (κ2) is 6.09. The number of amides is 2. The molecule has 0 saturated carbocycles. The summed E-state index contributed by atoms with van der Waals surface area (Å²) in [6, 6.07) is 3.09. The summed E-state index contributed by atoms with van der Waals surface area (Å²) < 4.78 is 7.16. The topological polar surface area (TPSA) is 63.6 Å². The van der Waals surface area contributed by atoms with Crippen LogP contribution in [0.2, 0.25) is 0 Å². The van der Waals surface area contributed by atoms with E-state index in [9.17, 15) is 9.59 Å². The molecule has 6 nitrogen and oxygen atoms in total. The van der Waals surface area contributed by atoms with Crippen molar-refractivity contribution in [2.75, 3.05) is 18.4 Å². The third kappa shape index (κ3) is 3.19. The lowest BCUT2D eigenvalue weighted by molar-refractivity contribution is -0.0632. The Hall–Kier alpha value is -1.82. The molecule has 2 heterocycles. The number of urea groups is 1. The van der Waals surface area contributed by atoms with Crippen molar-refractivity contribution in [3.63, 3.8) is 0 Å². The van der Waals surface area contributed by atoms with Crippen LogP contribution < -0.4 is 10.9 Å². The van der Waals surface area contributed by atoms with Crippen molar-refractivity contribution in [1.82, 2.24) is 9.47 Å². The molecule has 0 spiro atoms. The first-order valence-electron chi connectivity index (χ1n) is 6.88. The molecule has 0 unspecified atom stereocenters. The van der Waals surface area contributed by atoms with Gasteiger partial charge in [0.25, 0.3) is 5.56 Å². The highest BCUT2D eigenvalue weighted by Crippen LogP contribution is 2.14. The number of pyridine rings is 1. The lowest BCUT2D eigenvalue weighted by Crippen LogP contribution is -2.50. The van der Waals surface area contributed by atoms with Crippen molar-refractivity contribution in [2.24, 2.45) is 7.05 Å². The van der Waals surface area contributed by atoms with Gasteiger partial charge in [0, 0.05) is 26.3 Å². The summed E-state index contributed by atoms with van der Waals surface area (Å²) in [6.45, 7) is 5.07. The van der Waals surface area contributed by atoms with Crippen molar-refractivity contribution >= 4 is 11.7 Å². The zero-order valence-corrected chi connectivity index (χ0v) is 12.1. The summed E-state index contributed by atoms with van der Waals surface area (Å²) >= 11 is 0. The van der Waals surface area contributed by atoms with Gasteiger partial charge in [-0.25, -0.2) is 4.79 Å². The largest absolute Gasteiger partial charge is 0.372 e. The van der Waals surface area contributed by atoms with Gasteiger partial charge in [-0.1, -0.05) is 6.92 Å². The number of anilines is 1. The van der Waals surface area contributed by atoms with Gasteiger partial charge in [0.05, 0.1) is 12.2 Å². The van der Waals surface area contributed by atoms with Gasteiger partial charge < -0.3 is 19.5 Å². The summed E-state index contributed by atoms with van der Waals surface area (Å²) in [7, 11) is 1.65. The molecule has 0 radical (unpaired) electrons. The molecule has 1 aliphatic rings. The monoisotopic (exact) mass is 279 g/mol. The van der Waals surface area contributed by atoms with E-state index in [-0.39, 0.29) is 23.8 Å². The van der Waals surface area contributed by atoms with Crippen LogP contribution in [-0.4, -0.2) is 40.8 Å². The molecule has 110 valence electrons. The smallest absolute Gasteiger partial charge is 0.322 e. The Labute approximate surface area is 118 Å². The van der Waals surface area contributed by atoms with E-state index in [1.54, 1.807) is 30.3 Å². The molecule has 0 aromatic carbocycles. The maximum atomic E-state index is 12.2. The first kappa shape index (κ1) is 14.6. The fraction of sp³-hybridized carbons (Fsp3) is 0.571. The molecule has 2 rings (SSSR count). The number of carbonyl (C=O) groups is 1. The fourth-order valence-corrected chi connectivity index (χ4v) is 2.32. The minimum Gasteiger partial charge on any atom is -0.372 e. The van der Waals surface area contributed by atoms with Gasteiger partial charge in [0.1, 0.15) is 5.69 Å². The minimum absolute atomic E-state index is 0.0121. The number of hydrogen-bond acceptors (Lipinski definition) is 3. The Bertz CT molecular complexity index is 541. The first-order valence-corrected chi connectivity index (χ1v) is 6.88. The molecule has 2 amide bonds. The van der Waals surface area contributed by atoms with Crippen molar-refractivity contribution < 1.29 is 9.53 Å². The quantitative estimate of drug-likeness (QED) is 0.890. The van der Waals surface area contributed by atoms with Crippen molar-refractivity contribution in [2.45, 2.75) is 32.5 Å². The predicted molar refractivity (Wildman–Crippen MR) is 76.9 cm³/mol. The molecular formula is C14H21N3O3. The van der Waals surface area contributed by atoms with Crippen LogP contribution in [-0.2, 0) is 11.8 Å². The molecule has 1 N–H and O–H groups in total. The van der Waals surface area contributed by atoms with E-state index in [4.69, 9.17) is 4.74 Å². The molecule has 1 aromatic heterocycles.